The van der Waals surface area contributed by atoms with E-state index in [1.165, 1.54) is 4.90 Å². The number of hydrogen-bond acceptors (Lipinski definition) is 4. The first kappa shape index (κ1) is 18.9. The summed E-state index contributed by atoms with van der Waals surface area (Å²) in [5.74, 6) is 0.583. The minimum Gasteiger partial charge on any atom is -0.496 e. The number of hydrogen-bond donors (Lipinski definition) is 0. The van der Waals surface area contributed by atoms with Gasteiger partial charge in [-0.05, 0) is 31.9 Å². The van der Waals surface area contributed by atoms with Crippen molar-refractivity contribution in [2.24, 2.45) is 0 Å². The highest BCUT2D eigenvalue weighted by Crippen LogP contribution is 2.30. The van der Waals surface area contributed by atoms with Crippen molar-refractivity contribution in [3.05, 3.63) is 48.3 Å². The molecule has 0 spiro atoms. The summed E-state index contributed by atoms with van der Waals surface area (Å²) in [6.45, 7) is 2.32. The molecule has 1 heterocycles. The number of carbonyl (C=O) groups is 2. The average molecular weight is 370 g/mol. The Hall–Kier alpha value is -2.83. The number of ether oxygens (including phenoxy) is 1. The number of carbonyl (C=O) groups excluding carboxylic acids is 2. The molecule has 1 unspecified atom stereocenters. The molecule has 1 saturated carbocycles. The van der Waals surface area contributed by atoms with E-state index in [1.807, 2.05) is 29.2 Å². The van der Waals surface area contributed by atoms with Gasteiger partial charge in [0.15, 0.2) is 0 Å². The minimum atomic E-state index is -0.443. The van der Waals surface area contributed by atoms with E-state index in [0.717, 1.165) is 24.2 Å². The van der Waals surface area contributed by atoms with Gasteiger partial charge < -0.3 is 14.5 Å². The number of benzene rings is 1. The maximum atomic E-state index is 12.9. The first-order chi connectivity index (χ1) is 13.0. The van der Waals surface area contributed by atoms with E-state index in [0.29, 0.717) is 6.54 Å². The highest BCUT2D eigenvalue weighted by molar-refractivity contribution is 5.86. The van der Waals surface area contributed by atoms with Crippen molar-refractivity contribution in [2.45, 2.75) is 38.4 Å². The zero-order valence-corrected chi connectivity index (χ0v) is 16.0. The van der Waals surface area contributed by atoms with Crippen molar-refractivity contribution in [3.63, 3.8) is 0 Å². The number of amides is 2. The van der Waals surface area contributed by atoms with Crippen LogP contribution in [0.5, 0.6) is 5.75 Å². The Morgan fingerprint density at radius 2 is 2.04 bits per heavy atom. The van der Waals surface area contributed by atoms with Crippen molar-refractivity contribution >= 4 is 11.8 Å². The van der Waals surface area contributed by atoms with Crippen molar-refractivity contribution < 1.29 is 14.3 Å². The monoisotopic (exact) mass is 370 g/mol. The van der Waals surface area contributed by atoms with E-state index in [2.05, 4.69) is 5.10 Å². The molecule has 0 aliphatic heterocycles. The summed E-state index contributed by atoms with van der Waals surface area (Å²) in [4.78, 5) is 28.9. The molecule has 1 aromatic heterocycles. The van der Waals surface area contributed by atoms with Crippen LogP contribution in [0.25, 0.3) is 0 Å². The van der Waals surface area contributed by atoms with Gasteiger partial charge in [0.25, 0.3) is 0 Å². The van der Waals surface area contributed by atoms with Crippen LogP contribution in [0.4, 0.5) is 0 Å². The summed E-state index contributed by atoms with van der Waals surface area (Å²) >= 11 is 0. The number of nitrogens with zero attached hydrogens (tertiary/aromatic N) is 4. The lowest BCUT2D eigenvalue weighted by Gasteiger charge is -2.27. The molecule has 2 aromatic rings. The topological polar surface area (TPSA) is 67.7 Å². The average Bonchev–Trinajstić information content (AvgIpc) is 3.37. The number of aromatic nitrogens is 2. The third kappa shape index (κ3) is 4.48. The van der Waals surface area contributed by atoms with Gasteiger partial charge >= 0.3 is 0 Å². The van der Waals surface area contributed by atoms with Crippen molar-refractivity contribution in [1.82, 2.24) is 19.6 Å². The van der Waals surface area contributed by atoms with E-state index in [-0.39, 0.29) is 24.4 Å². The predicted molar refractivity (Wildman–Crippen MR) is 101 cm³/mol. The first-order valence-corrected chi connectivity index (χ1v) is 9.16. The predicted octanol–water partition coefficient (Wildman–Crippen LogP) is 2.10. The molecule has 2 amide bonds. The quantitative estimate of drug-likeness (QED) is 0.714. The highest BCUT2D eigenvalue weighted by atomic mass is 16.5. The van der Waals surface area contributed by atoms with Gasteiger partial charge in [-0.3, -0.25) is 14.3 Å². The van der Waals surface area contributed by atoms with Crippen molar-refractivity contribution in [1.29, 1.82) is 0 Å². The van der Waals surface area contributed by atoms with Gasteiger partial charge in [-0.2, -0.15) is 5.10 Å². The Labute approximate surface area is 159 Å². The normalized spacial score (nSPS) is 14.5. The largest absolute Gasteiger partial charge is 0.496 e. The molecule has 1 aromatic carbocycles. The highest BCUT2D eigenvalue weighted by Gasteiger charge is 2.34. The smallest absolute Gasteiger partial charge is 0.247 e. The molecule has 1 aliphatic carbocycles. The number of rotatable bonds is 8. The standard InChI is InChI=1S/C20H26N4O3/c1-15(24-12-6-11-21-24)20(26)22(2)14-19(25)23(17-9-10-17)13-16-7-4-5-8-18(16)27-3/h4-8,11-12,15,17H,9-10,13-14H2,1-3H3. The Balaban J connectivity index is 1.66. The van der Waals surface area contributed by atoms with Gasteiger partial charge in [-0.15, -0.1) is 0 Å². The zero-order chi connectivity index (χ0) is 19.4. The van der Waals surface area contributed by atoms with E-state index in [1.54, 1.807) is 44.2 Å². The summed E-state index contributed by atoms with van der Waals surface area (Å²) < 4.78 is 7.00. The van der Waals surface area contributed by atoms with Crippen molar-refractivity contribution in [2.75, 3.05) is 20.7 Å². The molecular formula is C20H26N4O3. The maximum absolute atomic E-state index is 12.9. The summed E-state index contributed by atoms with van der Waals surface area (Å²) in [7, 11) is 3.29. The molecule has 0 radical (unpaired) electrons. The van der Waals surface area contributed by atoms with Crippen LogP contribution in [0.3, 0.4) is 0 Å². The van der Waals surface area contributed by atoms with Crippen LogP contribution in [0.2, 0.25) is 0 Å². The van der Waals surface area contributed by atoms with Gasteiger partial charge in [0.1, 0.15) is 11.8 Å². The van der Waals surface area contributed by atoms with Crippen LogP contribution in [-0.4, -0.2) is 58.1 Å². The fourth-order valence-corrected chi connectivity index (χ4v) is 3.14. The summed E-state index contributed by atoms with van der Waals surface area (Å²) in [6, 6.07) is 9.29. The van der Waals surface area contributed by atoms with E-state index in [4.69, 9.17) is 4.74 Å². The van der Waals surface area contributed by atoms with Gasteiger partial charge in [0.05, 0.1) is 13.7 Å². The Morgan fingerprint density at radius 1 is 1.30 bits per heavy atom. The molecule has 27 heavy (non-hydrogen) atoms. The minimum absolute atomic E-state index is 0.0491. The third-order valence-electron chi connectivity index (χ3n) is 4.87. The van der Waals surface area contributed by atoms with Crippen LogP contribution in [0, 0.1) is 0 Å². The molecule has 1 aliphatic rings. The van der Waals surface area contributed by atoms with Crippen LogP contribution in [0.1, 0.15) is 31.4 Å². The molecule has 0 bridgehead atoms. The Morgan fingerprint density at radius 3 is 2.67 bits per heavy atom. The van der Waals surface area contributed by atoms with Gasteiger partial charge in [-0.25, -0.2) is 0 Å². The zero-order valence-electron chi connectivity index (χ0n) is 16.0. The second kappa shape index (κ2) is 8.24. The van der Waals surface area contributed by atoms with Crippen molar-refractivity contribution in [3.8, 4) is 5.75 Å². The SMILES string of the molecule is COc1ccccc1CN(C(=O)CN(C)C(=O)C(C)n1cccn1)C1CC1. The second-order valence-corrected chi connectivity index (χ2v) is 6.92. The second-order valence-electron chi connectivity index (χ2n) is 6.92. The first-order valence-electron chi connectivity index (χ1n) is 9.16. The number of likely N-dealkylation sites (N-methyl/N-ethyl adjacent to an activating group) is 1. The fraction of sp³-hybridized carbons (Fsp3) is 0.450. The molecular weight excluding hydrogens is 344 g/mol. The lowest BCUT2D eigenvalue weighted by Crippen LogP contribution is -2.43. The van der Waals surface area contributed by atoms with Crippen LogP contribution >= 0.6 is 0 Å². The van der Waals surface area contributed by atoms with Gasteiger partial charge in [-0.1, -0.05) is 18.2 Å². The van der Waals surface area contributed by atoms with Gasteiger partial charge in [0, 0.05) is 37.6 Å². The van der Waals surface area contributed by atoms with Gasteiger partial charge in [0.2, 0.25) is 11.8 Å². The molecule has 1 atom stereocenters. The molecule has 0 saturated heterocycles. The van der Waals surface area contributed by atoms with E-state index in [9.17, 15) is 9.59 Å². The fourth-order valence-electron chi connectivity index (χ4n) is 3.14. The lowest BCUT2D eigenvalue weighted by molar-refractivity contribution is -0.141. The Kier molecular flexibility index (Phi) is 5.78. The molecule has 7 heteroatoms. The van der Waals surface area contributed by atoms with Crippen LogP contribution < -0.4 is 4.74 Å². The summed E-state index contributed by atoms with van der Waals surface area (Å²) in [6.07, 6.45) is 5.39. The van der Waals surface area contributed by atoms with Crippen LogP contribution in [-0.2, 0) is 16.1 Å². The summed E-state index contributed by atoms with van der Waals surface area (Å²) in [5, 5.41) is 4.11. The summed E-state index contributed by atoms with van der Waals surface area (Å²) in [5.41, 5.74) is 0.971. The number of para-hydroxylation sites is 1. The molecule has 1 fully saturated rings. The molecule has 144 valence electrons. The molecule has 0 N–H and O–H groups in total. The Bertz CT molecular complexity index is 786. The maximum Gasteiger partial charge on any atom is 0.247 e. The molecule has 7 nitrogen and oxygen atoms in total. The van der Waals surface area contributed by atoms with E-state index < -0.39 is 6.04 Å². The number of methoxy groups -OCH3 is 1. The lowest BCUT2D eigenvalue weighted by atomic mass is 10.2. The van der Waals surface area contributed by atoms with E-state index >= 15 is 0 Å². The third-order valence-corrected chi connectivity index (χ3v) is 4.87. The van der Waals surface area contributed by atoms with Crippen LogP contribution in [0.15, 0.2) is 42.7 Å². The molecule has 3 rings (SSSR count).